The third kappa shape index (κ3) is 2.94. The van der Waals surface area contributed by atoms with Gasteiger partial charge in [-0.1, -0.05) is 18.2 Å². The molecule has 1 saturated carbocycles. The Labute approximate surface area is 249 Å². The van der Waals surface area contributed by atoms with Gasteiger partial charge in [0.25, 0.3) is 0 Å². The van der Waals surface area contributed by atoms with Crippen LogP contribution in [0.5, 0.6) is 23.0 Å². The van der Waals surface area contributed by atoms with Gasteiger partial charge in [-0.3, -0.25) is 14.5 Å². The van der Waals surface area contributed by atoms with Crippen molar-refractivity contribution >= 4 is 11.6 Å². The number of likely N-dealkylation sites (tertiary alicyclic amines) is 2. The lowest BCUT2D eigenvalue weighted by atomic mass is 9.52. The van der Waals surface area contributed by atoms with E-state index in [0.717, 1.165) is 49.9 Å². The van der Waals surface area contributed by atoms with Crippen LogP contribution in [0.25, 0.3) is 0 Å². The maximum Gasteiger partial charge on any atom is 0.181 e. The smallest absolute Gasteiger partial charge is 0.181 e. The fourth-order valence-electron chi connectivity index (χ4n) is 10.6. The summed E-state index contributed by atoms with van der Waals surface area (Å²) in [5.74, 6) is 2.02. The number of hydrogen-bond donors (Lipinski definition) is 3. The van der Waals surface area contributed by atoms with Crippen LogP contribution < -0.4 is 9.47 Å². The molecule has 0 amide bonds. The van der Waals surface area contributed by atoms with E-state index in [4.69, 9.17) is 9.47 Å². The molecule has 2 saturated heterocycles. The number of carbonyl (C=O) groups is 2. The first-order valence-electron chi connectivity index (χ1n) is 15.6. The highest BCUT2D eigenvalue weighted by Gasteiger charge is 2.67. The lowest BCUT2D eigenvalue weighted by Crippen LogP contribution is -2.66. The van der Waals surface area contributed by atoms with Crippen molar-refractivity contribution in [2.24, 2.45) is 11.8 Å². The van der Waals surface area contributed by atoms with E-state index in [2.05, 4.69) is 16.8 Å². The second-order valence-corrected chi connectivity index (χ2v) is 14.0. The number of ketones is 2. The van der Waals surface area contributed by atoms with E-state index < -0.39 is 17.6 Å². The molecule has 0 aromatic heterocycles. The van der Waals surface area contributed by atoms with Gasteiger partial charge in [0.05, 0.1) is 6.04 Å². The number of likely N-dealkylation sites (N-methyl/N-ethyl adjacent to an activating group) is 2. The van der Waals surface area contributed by atoms with Crippen molar-refractivity contribution < 1.29 is 34.4 Å². The SMILES string of the molecule is CN1CC[C@]23c4c5ccc(O)c4O[C@H]2C(=O)CC[C@H]3[C@H]1C5.CN1CC[C@]23c4c5ccc(O)c4O[C@H]2[C@@H](O)C=C[C@H]3[C@H]1C5=O. The van der Waals surface area contributed by atoms with Crippen LogP contribution in [0.2, 0.25) is 0 Å². The summed E-state index contributed by atoms with van der Waals surface area (Å²) in [6, 6.07) is 7.27. The first-order valence-corrected chi connectivity index (χ1v) is 15.6. The number of hydrogen-bond acceptors (Lipinski definition) is 9. The average Bonchev–Trinajstić information content (AvgIpc) is 3.54. The maximum atomic E-state index is 13.0. The number of phenolic OH excluding ortho intramolecular Hbond substituents is 2. The largest absolute Gasteiger partial charge is 0.504 e. The first kappa shape index (κ1) is 26.0. The number of piperidine rings is 2. The summed E-state index contributed by atoms with van der Waals surface area (Å²) in [6.45, 7) is 1.78. The number of aliphatic hydroxyl groups is 1. The van der Waals surface area contributed by atoms with Crippen LogP contribution in [0, 0.1) is 11.8 Å². The van der Waals surface area contributed by atoms with Gasteiger partial charge in [-0.05, 0) is 82.5 Å². The van der Waals surface area contributed by atoms with Crippen LogP contribution in [-0.2, 0) is 22.0 Å². The van der Waals surface area contributed by atoms with Crippen molar-refractivity contribution in [1.82, 2.24) is 9.80 Å². The average molecular weight is 585 g/mol. The highest BCUT2D eigenvalue weighted by atomic mass is 16.5. The number of nitrogens with zero attached hydrogens (tertiary/aromatic N) is 2. The number of carbonyl (C=O) groups excluding carboxylic acids is 2. The predicted molar refractivity (Wildman–Crippen MR) is 155 cm³/mol. The van der Waals surface area contributed by atoms with E-state index in [1.165, 1.54) is 11.6 Å². The number of aliphatic hydroxyl groups excluding tert-OH is 1. The fourth-order valence-corrected chi connectivity index (χ4v) is 10.6. The van der Waals surface area contributed by atoms with Crippen molar-refractivity contribution in [3.05, 3.63) is 58.7 Å². The molecule has 2 aromatic rings. The zero-order valence-corrected chi connectivity index (χ0v) is 24.3. The van der Waals surface area contributed by atoms with E-state index in [0.29, 0.717) is 35.4 Å². The summed E-state index contributed by atoms with van der Waals surface area (Å²) in [5, 5.41) is 30.8. The van der Waals surface area contributed by atoms with E-state index in [1.807, 2.05) is 19.2 Å². The van der Waals surface area contributed by atoms with Gasteiger partial charge in [-0.25, -0.2) is 0 Å². The van der Waals surface area contributed by atoms with Crippen LogP contribution in [0.15, 0.2) is 36.4 Å². The summed E-state index contributed by atoms with van der Waals surface area (Å²) < 4.78 is 12.0. The molecule has 2 aromatic carbocycles. The molecule has 0 unspecified atom stereocenters. The molecule has 9 heteroatoms. The Kier molecular flexibility index (Phi) is 5.09. The minimum atomic E-state index is -0.715. The number of ether oxygens (including phenoxy) is 2. The topological polar surface area (TPSA) is 120 Å². The van der Waals surface area contributed by atoms with E-state index >= 15 is 0 Å². The molecule has 9 nitrogen and oxygen atoms in total. The second kappa shape index (κ2) is 8.40. The Morgan fingerprint density at radius 2 is 1.60 bits per heavy atom. The monoisotopic (exact) mass is 584 g/mol. The van der Waals surface area contributed by atoms with Gasteiger partial charge in [-0.2, -0.15) is 0 Å². The summed E-state index contributed by atoms with van der Waals surface area (Å²) >= 11 is 0. The van der Waals surface area contributed by atoms with Gasteiger partial charge in [0.2, 0.25) is 0 Å². The van der Waals surface area contributed by atoms with Gasteiger partial charge in [-0.15, -0.1) is 0 Å². The highest BCUT2D eigenvalue weighted by molar-refractivity contribution is 6.05. The van der Waals surface area contributed by atoms with Crippen LogP contribution in [0.3, 0.4) is 0 Å². The van der Waals surface area contributed by atoms with Crippen molar-refractivity contribution in [2.75, 3.05) is 27.2 Å². The third-order valence-electron chi connectivity index (χ3n) is 12.4. The molecule has 3 fully saturated rings. The van der Waals surface area contributed by atoms with E-state index in [9.17, 15) is 24.9 Å². The second-order valence-electron chi connectivity index (χ2n) is 14.0. The molecule has 43 heavy (non-hydrogen) atoms. The van der Waals surface area contributed by atoms with Gasteiger partial charge in [0.15, 0.2) is 40.7 Å². The van der Waals surface area contributed by atoms with Crippen molar-refractivity contribution in [3.8, 4) is 23.0 Å². The number of Topliss-reactive ketones (excluding diaryl/α,β-unsaturated/α-hetero) is 2. The van der Waals surface area contributed by atoms with Crippen LogP contribution in [0.4, 0.5) is 0 Å². The summed E-state index contributed by atoms with van der Waals surface area (Å²) in [6.07, 6.45) is 6.57. The molecule has 4 bridgehead atoms. The minimum absolute atomic E-state index is 0.0114. The minimum Gasteiger partial charge on any atom is -0.504 e. The normalized spacial score (nSPS) is 40.6. The highest BCUT2D eigenvalue weighted by Crippen LogP contribution is 2.64. The Morgan fingerprint density at radius 3 is 2.42 bits per heavy atom. The molecule has 4 heterocycles. The maximum absolute atomic E-state index is 13.0. The van der Waals surface area contributed by atoms with Gasteiger partial charge < -0.3 is 29.7 Å². The van der Waals surface area contributed by atoms with Gasteiger partial charge in [0.1, 0.15) is 12.2 Å². The molecule has 10 rings (SSSR count). The van der Waals surface area contributed by atoms with Crippen molar-refractivity contribution in [3.63, 3.8) is 0 Å². The zero-order valence-electron chi connectivity index (χ0n) is 24.3. The van der Waals surface area contributed by atoms with E-state index in [-0.39, 0.29) is 46.5 Å². The number of aromatic hydroxyl groups is 2. The molecule has 224 valence electrons. The Balaban J connectivity index is 0.000000121. The Morgan fingerprint density at radius 1 is 0.884 bits per heavy atom. The Hall–Kier alpha value is -3.40. The molecule has 3 N–H and O–H groups in total. The van der Waals surface area contributed by atoms with Gasteiger partial charge >= 0.3 is 0 Å². The predicted octanol–water partition coefficient (Wildman–Crippen LogP) is 2.47. The lowest BCUT2D eigenvalue weighted by Gasteiger charge is -2.57. The van der Waals surface area contributed by atoms with Crippen molar-refractivity contribution in [2.45, 2.75) is 73.3 Å². The summed E-state index contributed by atoms with van der Waals surface area (Å²) in [7, 11) is 4.18. The number of benzene rings is 2. The molecule has 8 aliphatic rings. The van der Waals surface area contributed by atoms with Crippen LogP contribution in [-0.4, -0.2) is 94.3 Å². The molecule has 9 atom stereocenters. The van der Waals surface area contributed by atoms with Gasteiger partial charge in [0, 0.05) is 45.9 Å². The summed E-state index contributed by atoms with van der Waals surface area (Å²) in [4.78, 5) is 30.0. The molecule has 4 aliphatic heterocycles. The molecule has 4 aliphatic carbocycles. The Bertz CT molecular complexity index is 1650. The third-order valence-corrected chi connectivity index (χ3v) is 12.4. The zero-order chi connectivity index (χ0) is 29.6. The van der Waals surface area contributed by atoms with Crippen molar-refractivity contribution in [1.29, 1.82) is 0 Å². The first-order chi connectivity index (χ1) is 20.7. The lowest BCUT2D eigenvalue weighted by molar-refractivity contribution is -0.138. The fraction of sp³-hybridized carbons (Fsp3) is 0.529. The number of phenols is 2. The van der Waals surface area contributed by atoms with Crippen LogP contribution in [0.1, 0.15) is 52.7 Å². The van der Waals surface area contributed by atoms with E-state index in [1.54, 1.807) is 18.2 Å². The molecular formula is C34H36N2O7. The quantitative estimate of drug-likeness (QED) is 0.401. The molecule has 2 spiro atoms. The van der Waals surface area contributed by atoms with Crippen LogP contribution >= 0.6 is 0 Å². The molecular weight excluding hydrogens is 548 g/mol. The summed E-state index contributed by atoms with van der Waals surface area (Å²) in [5.41, 5.74) is 3.32. The molecule has 0 radical (unpaired) electrons. The number of rotatable bonds is 0. The standard InChI is InChI=1S/C17H17NO4.C17H19NO3/c1-18-7-6-17-9-3-5-11(20)16(17)22-15-10(19)4-2-8(12(15)17)14(21)13(9)18;1-18-7-6-17-10-3-5-13(20)16(17)21-15-12(19)4-2-9(14(15)17)8-11(10)18/h2-5,9,11,13,16,19-20H,6-7H2,1H3;2,4,10-11,16,19H,3,5-8H2,1H3/t9-,11-,13-,16-,17-;10-,11+,16-,17-/m00/s1.